The second-order valence-corrected chi connectivity index (χ2v) is 7.35. The van der Waals surface area contributed by atoms with Gasteiger partial charge in [-0.3, -0.25) is 4.79 Å². The Morgan fingerprint density at radius 3 is 2.11 bits per heavy atom. The molecule has 0 radical (unpaired) electrons. The van der Waals surface area contributed by atoms with E-state index < -0.39 is 15.9 Å². The number of halogens is 1. The molecule has 0 saturated heterocycles. The van der Waals surface area contributed by atoms with E-state index in [0.717, 1.165) is 29.8 Å². The molecular formula is C21H15FO5S. The van der Waals surface area contributed by atoms with Crippen molar-refractivity contribution in [2.24, 2.45) is 0 Å². The van der Waals surface area contributed by atoms with E-state index in [-0.39, 0.29) is 22.2 Å². The summed E-state index contributed by atoms with van der Waals surface area (Å²) in [6, 6.07) is 16.2. The summed E-state index contributed by atoms with van der Waals surface area (Å²) in [5, 5.41) is 9.24. The molecule has 0 aliphatic rings. The van der Waals surface area contributed by atoms with Crippen LogP contribution in [0.3, 0.4) is 0 Å². The number of phenols is 1. The molecular weight excluding hydrogens is 383 g/mol. The van der Waals surface area contributed by atoms with Gasteiger partial charge in [0.05, 0.1) is 0 Å². The number of carbonyl (C=O) groups excluding carboxylic acids is 1. The molecule has 0 aliphatic carbocycles. The number of hydrogen-bond acceptors (Lipinski definition) is 5. The van der Waals surface area contributed by atoms with Crippen molar-refractivity contribution in [3.05, 3.63) is 95.8 Å². The molecule has 0 saturated carbocycles. The van der Waals surface area contributed by atoms with E-state index in [4.69, 9.17) is 4.18 Å². The van der Waals surface area contributed by atoms with Crippen molar-refractivity contribution in [1.82, 2.24) is 0 Å². The zero-order valence-electron chi connectivity index (χ0n) is 14.4. The predicted octanol–water partition coefficient (Wildman–Crippen LogP) is 4.20. The fraction of sp³-hybridized carbons (Fsp3) is 0. The average molecular weight is 398 g/mol. The van der Waals surface area contributed by atoms with Crippen molar-refractivity contribution in [3.8, 4) is 11.5 Å². The lowest BCUT2D eigenvalue weighted by atomic mass is 10.1. The van der Waals surface area contributed by atoms with Crippen LogP contribution in [0.15, 0.2) is 83.8 Å². The van der Waals surface area contributed by atoms with Crippen LogP contribution in [0.25, 0.3) is 6.08 Å². The molecule has 0 aromatic heterocycles. The summed E-state index contributed by atoms with van der Waals surface area (Å²) < 4.78 is 42.3. The van der Waals surface area contributed by atoms with Crippen LogP contribution in [0.5, 0.6) is 11.5 Å². The van der Waals surface area contributed by atoms with Crippen LogP contribution in [-0.4, -0.2) is 19.3 Å². The summed E-state index contributed by atoms with van der Waals surface area (Å²) in [6.07, 6.45) is 2.97. The van der Waals surface area contributed by atoms with E-state index in [1.54, 1.807) is 18.2 Å². The van der Waals surface area contributed by atoms with E-state index in [1.807, 2.05) is 0 Å². The fourth-order valence-electron chi connectivity index (χ4n) is 2.30. The van der Waals surface area contributed by atoms with E-state index in [9.17, 15) is 22.7 Å². The van der Waals surface area contributed by atoms with Gasteiger partial charge in [-0.2, -0.15) is 8.42 Å². The molecule has 0 aliphatic heterocycles. The summed E-state index contributed by atoms with van der Waals surface area (Å²) in [5.41, 5.74) is 1.10. The lowest BCUT2D eigenvalue weighted by Gasteiger charge is -2.07. The van der Waals surface area contributed by atoms with Gasteiger partial charge >= 0.3 is 10.1 Å². The van der Waals surface area contributed by atoms with Gasteiger partial charge in [0.25, 0.3) is 0 Å². The first-order valence-electron chi connectivity index (χ1n) is 8.15. The number of ketones is 1. The molecule has 5 nitrogen and oxygen atoms in total. The third kappa shape index (κ3) is 4.83. The third-order valence-electron chi connectivity index (χ3n) is 3.77. The highest BCUT2D eigenvalue weighted by molar-refractivity contribution is 7.87. The summed E-state index contributed by atoms with van der Waals surface area (Å²) >= 11 is 0. The number of carbonyl (C=O) groups is 1. The summed E-state index contributed by atoms with van der Waals surface area (Å²) in [6.45, 7) is 0. The first-order chi connectivity index (χ1) is 13.3. The Bertz CT molecular complexity index is 1100. The molecule has 0 atom stereocenters. The molecule has 0 fully saturated rings. The maximum Gasteiger partial charge on any atom is 0.339 e. The van der Waals surface area contributed by atoms with Gasteiger partial charge in [-0.15, -0.1) is 0 Å². The second-order valence-electron chi connectivity index (χ2n) is 5.80. The van der Waals surface area contributed by atoms with Crippen LogP contribution in [0, 0.1) is 5.82 Å². The van der Waals surface area contributed by atoms with Crippen LogP contribution in [0.4, 0.5) is 4.39 Å². The van der Waals surface area contributed by atoms with Gasteiger partial charge in [0.15, 0.2) is 5.78 Å². The summed E-state index contributed by atoms with van der Waals surface area (Å²) in [7, 11) is -4.10. The molecule has 7 heteroatoms. The van der Waals surface area contributed by atoms with Crippen LogP contribution in [0.2, 0.25) is 0 Å². The quantitative estimate of drug-likeness (QED) is 0.382. The molecule has 0 spiro atoms. The van der Waals surface area contributed by atoms with Crippen LogP contribution in [0.1, 0.15) is 15.9 Å². The maximum absolute atomic E-state index is 12.9. The van der Waals surface area contributed by atoms with Gasteiger partial charge in [-0.1, -0.05) is 18.2 Å². The van der Waals surface area contributed by atoms with Gasteiger partial charge in [0, 0.05) is 5.56 Å². The highest BCUT2D eigenvalue weighted by atomic mass is 32.2. The summed E-state index contributed by atoms with van der Waals surface area (Å²) in [5.74, 6) is -0.666. The number of rotatable bonds is 6. The highest BCUT2D eigenvalue weighted by Crippen LogP contribution is 2.20. The van der Waals surface area contributed by atoms with E-state index >= 15 is 0 Å². The number of hydrogen-bond donors (Lipinski definition) is 1. The van der Waals surface area contributed by atoms with Gasteiger partial charge < -0.3 is 9.29 Å². The minimum absolute atomic E-state index is 0.0309. The largest absolute Gasteiger partial charge is 0.508 e. The Kier molecular flexibility index (Phi) is 5.56. The molecule has 0 bridgehead atoms. The third-order valence-corrected chi connectivity index (χ3v) is 5.03. The smallest absolute Gasteiger partial charge is 0.339 e. The van der Waals surface area contributed by atoms with E-state index in [1.165, 1.54) is 42.5 Å². The second kappa shape index (κ2) is 8.06. The Hall–Kier alpha value is -3.45. The topological polar surface area (TPSA) is 80.7 Å². The highest BCUT2D eigenvalue weighted by Gasteiger charge is 2.16. The molecule has 3 aromatic rings. The van der Waals surface area contributed by atoms with Crippen LogP contribution in [-0.2, 0) is 10.1 Å². The Labute approximate surface area is 161 Å². The minimum Gasteiger partial charge on any atom is -0.508 e. The Morgan fingerprint density at radius 1 is 0.893 bits per heavy atom. The number of allylic oxidation sites excluding steroid dienone is 1. The van der Waals surface area contributed by atoms with Crippen molar-refractivity contribution >= 4 is 22.0 Å². The predicted molar refractivity (Wildman–Crippen MR) is 102 cm³/mol. The maximum atomic E-state index is 12.9. The lowest BCUT2D eigenvalue weighted by molar-refractivity contribution is 0.104. The first-order valence-corrected chi connectivity index (χ1v) is 9.56. The molecule has 142 valence electrons. The molecule has 3 aromatic carbocycles. The zero-order chi connectivity index (χ0) is 20.1. The first kappa shape index (κ1) is 19.3. The van der Waals surface area contributed by atoms with E-state index in [0.29, 0.717) is 5.56 Å². The molecule has 0 amide bonds. The van der Waals surface area contributed by atoms with Crippen molar-refractivity contribution in [3.63, 3.8) is 0 Å². The van der Waals surface area contributed by atoms with Crippen LogP contribution >= 0.6 is 0 Å². The van der Waals surface area contributed by atoms with Gasteiger partial charge in [0.1, 0.15) is 22.2 Å². The number of phenolic OH excluding ortho intramolecular Hbond substituents is 1. The van der Waals surface area contributed by atoms with Crippen molar-refractivity contribution in [2.75, 3.05) is 0 Å². The average Bonchev–Trinajstić information content (AvgIpc) is 2.68. The normalized spacial score (nSPS) is 11.5. The molecule has 0 heterocycles. The van der Waals surface area contributed by atoms with E-state index in [2.05, 4.69) is 0 Å². The SMILES string of the molecule is O=C(/C=C/c1ccc(O)cc1)c1ccc(OS(=O)(=O)c2ccc(F)cc2)cc1. The van der Waals surface area contributed by atoms with Crippen molar-refractivity contribution in [1.29, 1.82) is 0 Å². The molecule has 3 rings (SSSR count). The molecule has 28 heavy (non-hydrogen) atoms. The molecule has 1 N–H and O–H groups in total. The fourth-order valence-corrected chi connectivity index (χ4v) is 3.23. The van der Waals surface area contributed by atoms with Gasteiger partial charge in [-0.05, 0) is 72.3 Å². The monoisotopic (exact) mass is 398 g/mol. The van der Waals surface area contributed by atoms with Crippen molar-refractivity contribution < 1.29 is 26.9 Å². The lowest BCUT2D eigenvalue weighted by Crippen LogP contribution is -2.09. The van der Waals surface area contributed by atoms with Crippen molar-refractivity contribution in [2.45, 2.75) is 4.90 Å². The Morgan fingerprint density at radius 2 is 1.50 bits per heavy atom. The summed E-state index contributed by atoms with van der Waals surface area (Å²) in [4.78, 5) is 12.0. The Balaban J connectivity index is 1.69. The van der Waals surface area contributed by atoms with Crippen LogP contribution < -0.4 is 4.18 Å². The number of benzene rings is 3. The van der Waals surface area contributed by atoms with Gasteiger partial charge in [-0.25, -0.2) is 4.39 Å². The minimum atomic E-state index is -4.10. The van der Waals surface area contributed by atoms with Gasteiger partial charge in [0.2, 0.25) is 0 Å². The zero-order valence-corrected chi connectivity index (χ0v) is 15.3. The number of aromatic hydroxyl groups is 1. The standard InChI is InChI=1S/C21H15FO5S/c22-17-6-12-20(13-7-17)28(25,26)27-19-10-4-16(5-11-19)21(24)14-3-15-1-8-18(23)9-2-15/h1-14,23H/b14-3+. The molecule has 0 unspecified atom stereocenters.